The van der Waals surface area contributed by atoms with Gasteiger partial charge in [0.25, 0.3) is 0 Å². The van der Waals surface area contributed by atoms with Crippen molar-refractivity contribution in [3.8, 4) is 0 Å². The van der Waals surface area contributed by atoms with Gasteiger partial charge in [0.1, 0.15) is 0 Å². The standard InChI is InChI=1S/C11H18O/c1-3-9(2)11(12)10-7-5-4-6-8-10/h3,10-12H,1-2,4-8H2. The van der Waals surface area contributed by atoms with E-state index in [-0.39, 0.29) is 6.10 Å². The number of aliphatic hydroxyl groups is 1. The van der Waals surface area contributed by atoms with Crippen molar-refractivity contribution in [3.63, 3.8) is 0 Å². The van der Waals surface area contributed by atoms with Gasteiger partial charge in [-0.05, 0) is 24.3 Å². The quantitative estimate of drug-likeness (QED) is 0.639. The maximum Gasteiger partial charge on any atom is 0.0812 e. The molecule has 0 saturated heterocycles. The summed E-state index contributed by atoms with van der Waals surface area (Å²) in [7, 11) is 0. The lowest BCUT2D eigenvalue weighted by Crippen LogP contribution is -2.23. The Morgan fingerprint density at radius 3 is 2.42 bits per heavy atom. The van der Waals surface area contributed by atoms with Gasteiger partial charge in [-0.3, -0.25) is 0 Å². The first-order chi connectivity index (χ1) is 5.75. The van der Waals surface area contributed by atoms with E-state index in [9.17, 15) is 5.11 Å². The van der Waals surface area contributed by atoms with E-state index in [4.69, 9.17) is 0 Å². The highest BCUT2D eigenvalue weighted by Crippen LogP contribution is 2.28. The number of hydrogen-bond acceptors (Lipinski definition) is 1. The summed E-state index contributed by atoms with van der Waals surface area (Å²) in [5.74, 6) is 0.434. The topological polar surface area (TPSA) is 20.2 Å². The van der Waals surface area contributed by atoms with E-state index >= 15 is 0 Å². The lowest BCUT2D eigenvalue weighted by Gasteiger charge is -2.26. The van der Waals surface area contributed by atoms with Gasteiger partial charge in [-0.25, -0.2) is 0 Å². The Balaban J connectivity index is 2.44. The summed E-state index contributed by atoms with van der Waals surface area (Å²) in [4.78, 5) is 0. The largest absolute Gasteiger partial charge is 0.388 e. The van der Waals surface area contributed by atoms with Crippen molar-refractivity contribution in [3.05, 3.63) is 24.8 Å². The first-order valence-corrected chi connectivity index (χ1v) is 4.75. The molecule has 0 amide bonds. The first-order valence-electron chi connectivity index (χ1n) is 4.75. The van der Waals surface area contributed by atoms with Crippen LogP contribution >= 0.6 is 0 Å². The van der Waals surface area contributed by atoms with E-state index in [1.54, 1.807) is 6.08 Å². The van der Waals surface area contributed by atoms with Crippen LogP contribution in [0.4, 0.5) is 0 Å². The molecule has 1 heteroatoms. The molecule has 1 unspecified atom stereocenters. The lowest BCUT2D eigenvalue weighted by molar-refractivity contribution is 0.118. The Bertz CT molecular complexity index is 166. The maximum absolute atomic E-state index is 9.77. The van der Waals surface area contributed by atoms with E-state index in [0.717, 1.165) is 18.4 Å². The SMILES string of the molecule is C=CC(=C)C(O)C1CCCCC1. The van der Waals surface area contributed by atoms with Gasteiger partial charge in [0.2, 0.25) is 0 Å². The van der Waals surface area contributed by atoms with Gasteiger partial charge < -0.3 is 5.11 Å². The summed E-state index contributed by atoms with van der Waals surface area (Å²) in [6, 6.07) is 0. The predicted octanol–water partition coefficient (Wildman–Crippen LogP) is 2.67. The summed E-state index contributed by atoms with van der Waals surface area (Å²) in [5.41, 5.74) is 0.780. The van der Waals surface area contributed by atoms with Crippen LogP contribution in [0, 0.1) is 5.92 Å². The highest BCUT2D eigenvalue weighted by Gasteiger charge is 2.22. The summed E-state index contributed by atoms with van der Waals surface area (Å²) in [6.45, 7) is 7.40. The molecule has 1 atom stereocenters. The Morgan fingerprint density at radius 2 is 1.92 bits per heavy atom. The average Bonchev–Trinajstić information content (AvgIpc) is 2.17. The molecular weight excluding hydrogens is 148 g/mol. The van der Waals surface area contributed by atoms with Crippen LogP contribution in [0.15, 0.2) is 24.8 Å². The fourth-order valence-corrected chi connectivity index (χ4v) is 1.87. The normalized spacial score (nSPS) is 21.8. The van der Waals surface area contributed by atoms with E-state index in [1.165, 1.54) is 19.3 Å². The van der Waals surface area contributed by atoms with Crippen LogP contribution in [0.2, 0.25) is 0 Å². The summed E-state index contributed by atoms with van der Waals surface area (Å²) < 4.78 is 0. The van der Waals surface area contributed by atoms with Crippen LogP contribution < -0.4 is 0 Å². The second kappa shape index (κ2) is 4.46. The van der Waals surface area contributed by atoms with Crippen molar-refractivity contribution in [2.45, 2.75) is 38.2 Å². The molecule has 0 aromatic rings. The van der Waals surface area contributed by atoms with Gasteiger partial charge in [0.05, 0.1) is 6.10 Å². The van der Waals surface area contributed by atoms with Crippen LogP contribution in [-0.2, 0) is 0 Å². The fourth-order valence-electron chi connectivity index (χ4n) is 1.87. The third kappa shape index (κ3) is 2.21. The van der Waals surface area contributed by atoms with Crippen LogP contribution in [0.25, 0.3) is 0 Å². The molecule has 1 aliphatic rings. The highest BCUT2D eigenvalue weighted by atomic mass is 16.3. The molecule has 0 radical (unpaired) electrons. The molecule has 0 heterocycles. The summed E-state index contributed by atoms with van der Waals surface area (Å²) in [5, 5.41) is 9.77. The Hall–Kier alpha value is -0.560. The first kappa shape index (κ1) is 9.53. The molecular formula is C11H18O. The Morgan fingerprint density at radius 1 is 1.33 bits per heavy atom. The fraction of sp³-hybridized carbons (Fsp3) is 0.636. The van der Waals surface area contributed by atoms with Crippen molar-refractivity contribution in [1.82, 2.24) is 0 Å². The molecule has 0 bridgehead atoms. The zero-order chi connectivity index (χ0) is 8.97. The second-order valence-electron chi connectivity index (χ2n) is 3.62. The summed E-state index contributed by atoms with van der Waals surface area (Å²) in [6.07, 6.45) is 7.45. The maximum atomic E-state index is 9.77. The van der Waals surface area contributed by atoms with Gasteiger partial charge in [0, 0.05) is 0 Å². The van der Waals surface area contributed by atoms with Crippen LogP contribution in [0.1, 0.15) is 32.1 Å². The highest BCUT2D eigenvalue weighted by molar-refractivity contribution is 5.17. The predicted molar refractivity (Wildman–Crippen MR) is 51.9 cm³/mol. The smallest absolute Gasteiger partial charge is 0.0812 e. The minimum Gasteiger partial charge on any atom is -0.388 e. The van der Waals surface area contributed by atoms with E-state index < -0.39 is 0 Å². The molecule has 1 N–H and O–H groups in total. The molecule has 1 rings (SSSR count). The van der Waals surface area contributed by atoms with Gasteiger partial charge in [0.15, 0.2) is 0 Å². The van der Waals surface area contributed by atoms with Crippen molar-refractivity contribution in [1.29, 1.82) is 0 Å². The third-order valence-corrected chi connectivity index (χ3v) is 2.74. The molecule has 68 valence electrons. The van der Waals surface area contributed by atoms with Crippen molar-refractivity contribution in [2.75, 3.05) is 0 Å². The van der Waals surface area contributed by atoms with Gasteiger partial charge in [-0.1, -0.05) is 38.5 Å². The summed E-state index contributed by atoms with van der Waals surface area (Å²) >= 11 is 0. The molecule has 0 aromatic heterocycles. The molecule has 1 aliphatic carbocycles. The number of rotatable bonds is 3. The molecule has 1 fully saturated rings. The minimum absolute atomic E-state index is 0.345. The lowest BCUT2D eigenvalue weighted by atomic mass is 9.83. The Kier molecular flexibility index (Phi) is 3.54. The van der Waals surface area contributed by atoms with Crippen LogP contribution in [0.3, 0.4) is 0 Å². The average molecular weight is 166 g/mol. The van der Waals surface area contributed by atoms with Crippen LogP contribution in [0.5, 0.6) is 0 Å². The van der Waals surface area contributed by atoms with Crippen molar-refractivity contribution in [2.24, 2.45) is 5.92 Å². The monoisotopic (exact) mass is 166 g/mol. The number of hydrogen-bond donors (Lipinski definition) is 1. The van der Waals surface area contributed by atoms with Gasteiger partial charge >= 0.3 is 0 Å². The second-order valence-corrected chi connectivity index (χ2v) is 3.62. The molecule has 1 saturated carbocycles. The van der Waals surface area contributed by atoms with E-state index in [2.05, 4.69) is 13.2 Å². The zero-order valence-corrected chi connectivity index (χ0v) is 7.63. The van der Waals surface area contributed by atoms with Gasteiger partial charge in [-0.15, -0.1) is 0 Å². The van der Waals surface area contributed by atoms with Gasteiger partial charge in [-0.2, -0.15) is 0 Å². The molecule has 0 aliphatic heterocycles. The Labute approximate surface area is 74.8 Å². The minimum atomic E-state index is -0.345. The van der Waals surface area contributed by atoms with Crippen LogP contribution in [-0.4, -0.2) is 11.2 Å². The van der Waals surface area contributed by atoms with Crippen molar-refractivity contribution < 1.29 is 5.11 Å². The van der Waals surface area contributed by atoms with E-state index in [0.29, 0.717) is 5.92 Å². The molecule has 0 aromatic carbocycles. The van der Waals surface area contributed by atoms with Crippen molar-refractivity contribution >= 4 is 0 Å². The number of aliphatic hydroxyl groups excluding tert-OH is 1. The van der Waals surface area contributed by atoms with E-state index in [1.807, 2.05) is 0 Å². The molecule has 0 spiro atoms. The molecule has 1 nitrogen and oxygen atoms in total. The third-order valence-electron chi connectivity index (χ3n) is 2.74. The molecule has 12 heavy (non-hydrogen) atoms. The zero-order valence-electron chi connectivity index (χ0n) is 7.63.